The van der Waals surface area contributed by atoms with Gasteiger partial charge >= 0.3 is 6.09 Å². The van der Waals surface area contributed by atoms with Crippen LogP contribution in [0.25, 0.3) is 0 Å². The van der Waals surface area contributed by atoms with Crippen LogP contribution >= 0.6 is 22.9 Å². The van der Waals surface area contributed by atoms with Gasteiger partial charge in [0, 0.05) is 16.4 Å². The molecular formula is C19H18ClN3O3S. The van der Waals surface area contributed by atoms with Gasteiger partial charge in [0.05, 0.1) is 25.1 Å². The molecule has 0 unspecified atom stereocenters. The number of rotatable bonds is 4. The monoisotopic (exact) mass is 403 g/mol. The van der Waals surface area contributed by atoms with Gasteiger partial charge in [-0.3, -0.25) is 4.79 Å². The van der Waals surface area contributed by atoms with Crippen LogP contribution in [0.2, 0.25) is 5.02 Å². The molecule has 140 valence electrons. The molecule has 1 aliphatic heterocycles. The highest BCUT2D eigenvalue weighted by atomic mass is 35.5. The number of benzene rings is 1. The van der Waals surface area contributed by atoms with Crippen molar-refractivity contribution >= 4 is 39.9 Å². The Morgan fingerprint density at radius 3 is 2.89 bits per heavy atom. The average molecular weight is 404 g/mol. The van der Waals surface area contributed by atoms with E-state index in [0.29, 0.717) is 41.7 Å². The molecule has 0 bridgehead atoms. The maximum absolute atomic E-state index is 12.4. The summed E-state index contributed by atoms with van der Waals surface area (Å²) in [5.74, 6) is -0.236. The first-order valence-corrected chi connectivity index (χ1v) is 9.72. The molecule has 8 heteroatoms. The Kier molecular flexibility index (Phi) is 5.99. The van der Waals surface area contributed by atoms with E-state index in [1.165, 1.54) is 11.3 Å². The number of fused-ring (bicyclic) bond motifs is 1. The summed E-state index contributed by atoms with van der Waals surface area (Å²) in [6, 6.07) is 9.35. The molecule has 0 atom stereocenters. The highest BCUT2D eigenvalue weighted by molar-refractivity contribution is 7.16. The van der Waals surface area contributed by atoms with E-state index in [0.717, 1.165) is 16.0 Å². The van der Waals surface area contributed by atoms with Crippen molar-refractivity contribution in [1.29, 1.82) is 5.26 Å². The summed E-state index contributed by atoms with van der Waals surface area (Å²) in [4.78, 5) is 26.9. The molecule has 0 fully saturated rings. The van der Waals surface area contributed by atoms with Gasteiger partial charge in [0.1, 0.15) is 11.1 Å². The minimum Gasteiger partial charge on any atom is -0.450 e. The number of nitrogens with zero attached hydrogens (tertiary/aromatic N) is 2. The number of ether oxygens (including phenoxy) is 1. The lowest BCUT2D eigenvalue weighted by Crippen LogP contribution is -2.35. The van der Waals surface area contributed by atoms with Crippen LogP contribution in [0.4, 0.5) is 9.80 Å². The molecule has 0 spiro atoms. The van der Waals surface area contributed by atoms with Gasteiger partial charge in [0.15, 0.2) is 0 Å². The fraction of sp³-hybridized carbons (Fsp3) is 0.316. The molecule has 3 rings (SSSR count). The van der Waals surface area contributed by atoms with Crippen molar-refractivity contribution in [3.8, 4) is 6.07 Å². The van der Waals surface area contributed by atoms with Crippen molar-refractivity contribution in [3.05, 3.63) is 50.9 Å². The number of carbonyl (C=O) groups is 2. The largest absolute Gasteiger partial charge is 0.450 e. The SMILES string of the molecule is CCOC(=O)N1CCc2c(sc(NC(=O)Cc3ccccc3Cl)c2C#N)C1. The molecule has 0 saturated carbocycles. The fourth-order valence-corrected chi connectivity index (χ4v) is 4.40. The molecule has 1 aliphatic rings. The Balaban J connectivity index is 1.76. The summed E-state index contributed by atoms with van der Waals surface area (Å²) in [5, 5.41) is 13.4. The summed E-state index contributed by atoms with van der Waals surface area (Å²) < 4.78 is 5.05. The van der Waals surface area contributed by atoms with E-state index in [-0.39, 0.29) is 18.4 Å². The third-order valence-corrected chi connectivity index (χ3v) is 5.76. The average Bonchev–Trinajstić information content (AvgIpc) is 2.99. The summed E-state index contributed by atoms with van der Waals surface area (Å²) >= 11 is 7.44. The van der Waals surface area contributed by atoms with Gasteiger partial charge in [0.2, 0.25) is 5.91 Å². The Morgan fingerprint density at radius 1 is 1.41 bits per heavy atom. The van der Waals surface area contributed by atoms with Gasteiger partial charge < -0.3 is 15.0 Å². The number of nitriles is 1. The maximum Gasteiger partial charge on any atom is 0.410 e. The molecule has 27 heavy (non-hydrogen) atoms. The molecule has 2 amide bonds. The lowest BCUT2D eigenvalue weighted by Gasteiger charge is -2.25. The van der Waals surface area contributed by atoms with Crippen LogP contribution in [0.5, 0.6) is 0 Å². The second-order valence-electron chi connectivity index (χ2n) is 6.01. The van der Waals surface area contributed by atoms with Crippen LogP contribution in [0.3, 0.4) is 0 Å². The van der Waals surface area contributed by atoms with Crippen LogP contribution in [0.15, 0.2) is 24.3 Å². The normalized spacial score (nSPS) is 12.9. The first-order valence-electron chi connectivity index (χ1n) is 8.53. The topological polar surface area (TPSA) is 82.4 Å². The molecule has 2 heterocycles. The predicted molar refractivity (Wildman–Crippen MR) is 104 cm³/mol. The number of carbonyl (C=O) groups excluding carboxylic acids is 2. The van der Waals surface area contributed by atoms with Gasteiger partial charge in [-0.25, -0.2) is 4.79 Å². The van der Waals surface area contributed by atoms with Crippen molar-refractivity contribution in [2.24, 2.45) is 0 Å². The second-order valence-corrected chi connectivity index (χ2v) is 7.52. The summed E-state index contributed by atoms with van der Waals surface area (Å²) in [6.45, 7) is 2.95. The summed E-state index contributed by atoms with van der Waals surface area (Å²) in [5.41, 5.74) is 2.10. The standard InChI is InChI=1S/C19H18ClN3O3S/c1-2-26-19(25)23-8-7-13-14(10-21)18(27-16(13)11-23)22-17(24)9-12-5-3-4-6-15(12)20/h3-6H,2,7-9,11H2,1H3,(H,22,24). The summed E-state index contributed by atoms with van der Waals surface area (Å²) in [7, 11) is 0. The number of nitrogens with one attached hydrogen (secondary N) is 1. The van der Waals surface area contributed by atoms with Crippen molar-refractivity contribution in [2.75, 3.05) is 18.5 Å². The first-order chi connectivity index (χ1) is 13.0. The molecule has 1 aromatic heterocycles. The van der Waals surface area contributed by atoms with Crippen LogP contribution in [0, 0.1) is 11.3 Å². The molecular weight excluding hydrogens is 386 g/mol. The van der Waals surface area contributed by atoms with Gasteiger partial charge in [0.25, 0.3) is 0 Å². The lowest BCUT2D eigenvalue weighted by atomic mass is 10.0. The second kappa shape index (κ2) is 8.42. The van der Waals surface area contributed by atoms with Gasteiger partial charge in [-0.2, -0.15) is 5.26 Å². The van der Waals surface area contributed by atoms with Crippen molar-refractivity contribution in [1.82, 2.24) is 4.90 Å². The zero-order valence-electron chi connectivity index (χ0n) is 14.8. The molecule has 1 N–H and O–H groups in total. The van der Waals surface area contributed by atoms with E-state index in [1.54, 1.807) is 30.0 Å². The minimum absolute atomic E-state index is 0.127. The highest BCUT2D eigenvalue weighted by Gasteiger charge is 2.28. The third kappa shape index (κ3) is 4.24. The van der Waals surface area contributed by atoms with E-state index >= 15 is 0 Å². The van der Waals surface area contributed by atoms with Crippen LogP contribution in [0.1, 0.15) is 28.5 Å². The Morgan fingerprint density at radius 2 is 2.19 bits per heavy atom. The van der Waals surface area contributed by atoms with Crippen molar-refractivity contribution in [2.45, 2.75) is 26.3 Å². The smallest absolute Gasteiger partial charge is 0.410 e. The molecule has 6 nitrogen and oxygen atoms in total. The Labute approximate surface area is 166 Å². The van der Waals surface area contributed by atoms with Crippen molar-refractivity contribution < 1.29 is 14.3 Å². The lowest BCUT2D eigenvalue weighted by molar-refractivity contribution is -0.115. The molecule has 0 aliphatic carbocycles. The molecule has 0 radical (unpaired) electrons. The summed E-state index contributed by atoms with van der Waals surface area (Å²) in [6.07, 6.45) is 0.329. The molecule has 0 saturated heterocycles. The molecule has 2 aromatic rings. The predicted octanol–water partition coefficient (Wildman–Crippen LogP) is 3.97. The van der Waals surface area contributed by atoms with Crippen LogP contribution in [-0.2, 0) is 28.9 Å². The third-order valence-electron chi connectivity index (χ3n) is 4.26. The van der Waals surface area contributed by atoms with E-state index < -0.39 is 0 Å². The van der Waals surface area contributed by atoms with Gasteiger partial charge in [-0.1, -0.05) is 29.8 Å². The van der Waals surface area contributed by atoms with Crippen LogP contribution in [-0.4, -0.2) is 30.1 Å². The van der Waals surface area contributed by atoms with Gasteiger partial charge in [-0.15, -0.1) is 11.3 Å². The maximum atomic E-state index is 12.4. The zero-order chi connectivity index (χ0) is 19.4. The van der Waals surface area contributed by atoms with Crippen LogP contribution < -0.4 is 5.32 Å². The van der Waals surface area contributed by atoms with E-state index in [4.69, 9.17) is 16.3 Å². The number of hydrogen-bond acceptors (Lipinski definition) is 5. The van der Waals surface area contributed by atoms with E-state index in [9.17, 15) is 14.9 Å². The van der Waals surface area contributed by atoms with E-state index in [2.05, 4.69) is 11.4 Å². The quantitative estimate of drug-likeness (QED) is 0.837. The Hall–Kier alpha value is -2.56. The number of amides is 2. The molecule has 1 aromatic carbocycles. The minimum atomic E-state index is -0.362. The first kappa shape index (κ1) is 19.2. The van der Waals surface area contributed by atoms with Crippen molar-refractivity contribution in [3.63, 3.8) is 0 Å². The number of thiophene rings is 1. The highest BCUT2D eigenvalue weighted by Crippen LogP contribution is 2.37. The van der Waals surface area contributed by atoms with Gasteiger partial charge in [-0.05, 0) is 30.5 Å². The number of halogens is 1. The Bertz CT molecular complexity index is 919. The fourth-order valence-electron chi connectivity index (χ4n) is 2.97. The van der Waals surface area contributed by atoms with E-state index in [1.807, 2.05) is 6.07 Å². The zero-order valence-corrected chi connectivity index (χ0v) is 16.3. The number of anilines is 1. The number of hydrogen-bond donors (Lipinski definition) is 1.